The van der Waals surface area contributed by atoms with Gasteiger partial charge in [-0.3, -0.25) is 4.79 Å². The SMILES string of the molecule is O=C(O)c1cc(=O)c2cc(F)ccc2n1CC(F)(F)F. The Morgan fingerprint density at radius 1 is 1.25 bits per heavy atom. The van der Waals surface area contributed by atoms with Crippen molar-refractivity contribution in [2.45, 2.75) is 12.7 Å². The summed E-state index contributed by atoms with van der Waals surface area (Å²) in [5.74, 6) is -2.46. The van der Waals surface area contributed by atoms with E-state index in [0.29, 0.717) is 10.6 Å². The standard InChI is InChI=1S/C12H7F4NO3/c13-6-1-2-8-7(3-6)10(18)4-9(11(19)20)17(8)5-12(14,15)16/h1-4H,5H2,(H,19,20). The molecule has 0 aliphatic heterocycles. The van der Waals surface area contributed by atoms with Crippen LogP contribution in [-0.2, 0) is 6.54 Å². The summed E-state index contributed by atoms with van der Waals surface area (Å²) in [5.41, 5.74) is -1.93. The first-order chi connectivity index (χ1) is 9.19. The molecule has 0 saturated heterocycles. The molecule has 1 heterocycles. The van der Waals surface area contributed by atoms with Crippen LogP contribution in [0.1, 0.15) is 10.5 Å². The molecule has 0 unspecified atom stereocenters. The van der Waals surface area contributed by atoms with Gasteiger partial charge in [-0.15, -0.1) is 0 Å². The summed E-state index contributed by atoms with van der Waals surface area (Å²) in [6.07, 6.45) is -4.68. The molecule has 0 aliphatic carbocycles. The van der Waals surface area contributed by atoms with Crippen molar-refractivity contribution in [3.63, 3.8) is 0 Å². The van der Waals surface area contributed by atoms with E-state index in [2.05, 4.69) is 0 Å². The zero-order valence-corrected chi connectivity index (χ0v) is 9.74. The zero-order valence-electron chi connectivity index (χ0n) is 9.74. The summed E-state index contributed by atoms with van der Waals surface area (Å²) in [6, 6.07) is 3.14. The molecule has 0 aliphatic rings. The van der Waals surface area contributed by atoms with Gasteiger partial charge in [0, 0.05) is 11.5 Å². The number of nitrogens with zero attached hydrogens (tertiary/aromatic N) is 1. The molecule has 2 rings (SSSR count). The maximum Gasteiger partial charge on any atom is 0.406 e. The fourth-order valence-corrected chi connectivity index (χ4v) is 1.88. The van der Waals surface area contributed by atoms with Gasteiger partial charge in [0.15, 0.2) is 5.43 Å². The maximum absolute atomic E-state index is 13.1. The summed E-state index contributed by atoms with van der Waals surface area (Å²) in [7, 11) is 0. The highest BCUT2D eigenvalue weighted by molar-refractivity contribution is 5.90. The number of fused-ring (bicyclic) bond motifs is 1. The van der Waals surface area contributed by atoms with Crippen LogP contribution < -0.4 is 5.43 Å². The average Bonchev–Trinajstić information content (AvgIpc) is 2.30. The third-order valence-electron chi connectivity index (χ3n) is 2.63. The quantitative estimate of drug-likeness (QED) is 0.864. The predicted octanol–water partition coefficient (Wildman–Crippen LogP) is 2.40. The van der Waals surface area contributed by atoms with E-state index < -0.39 is 35.6 Å². The first kappa shape index (κ1) is 14.0. The van der Waals surface area contributed by atoms with Gasteiger partial charge in [0.1, 0.15) is 18.1 Å². The normalized spacial score (nSPS) is 11.8. The van der Waals surface area contributed by atoms with E-state index in [-0.39, 0.29) is 10.9 Å². The van der Waals surface area contributed by atoms with Crippen molar-refractivity contribution in [1.82, 2.24) is 4.57 Å². The molecule has 1 aromatic heterocycles. The Balaban J connectivity index is 2.86. The molecule has 0 saturated carbocycles. The van der Waals surface area contributed by atoms with Crippen LogP contribution in [0.3, 0.4) is 0 Å². The van der Waals surface area contributed by atoms with Crippen LogP contribution in [0.2, 0.25) is 0 Å². The lowest BCUT2D eigenvalue weighted by molar-refractivity contribution is -0.140. The van der Waals surface area contributed by atoms with Crippen LogP contribution in [0.15, 0.2) is 29.1 Å². The smallest absolute Gasteiger partial charge is 0.406 e. The molecule has 1 aromatic carbocycles. The van der Waals surface area contributed by atoms with Crippen LogP contribution in [0, 0.1) is 5.82 Å². The van der Waals surface area contributed by atoms with Gasteiger partial charge in [-0.05, 0) is 18.2 Å². The number of aromatic carboxylic acids is 1. The van der Waals surface area contributed by atoms with Gasteiger partial charge in [-0.2, -0.15) is 13.2 Å². The van der Waals surface area contributed by atoms with Crippen LogP contribution in [-0.4, -0.2) is 21.8 Å². The first-order valence-corrected chi connectivity index (χ1v) is 5.32. The summed E-state index contributed by atoms with van der Waals surface area (Å²) < 4.78 is 51.1. The molecule has 2 aromatic rings. The van der Waals surface area contributed by atoms with Gasteiger partial charge in [-0.25, -0.2) is 9.18 Å². The van der Waals surface area contributed by atoms with E-state index in [4.69, 9.17) is 5.11 Å². The molecule has 106 valence electrons. The van der Waals surface area contributed by atoms with Crippen LogP contribution in [0.25, 0.3) is 10.9 Å². The molecule has 1 N–H and O–H groups in total. The highest BCUT2D eigenvalue weighted by atomic mass is 19.4. The molecular weight excluding hydrogens is 282 g/mol. The molecule has 8 heteroatoms. The number of halogens is 4. The van der Waals surface area contributed by atoms with Crippen molar-refractivity contribution in [3.8, 4) is 0 Å². The fourth-order valence-electron chi connectivity index (χ4n) is 1.88. The van der Waals surface area contributed by atoms with Gasteiger partial charge in [0.25, 0.3) is 0 Å². The second-order valence-corrected chi connectivity index (χ2v) is 4.06. The van der Waals surface area contributed by atoms with Crippen molar-refractivity contribution in [2.75, 3.05) is 0 Å². The minimum absolute atomic E-state index is 0.284. The van der Waals surface area contributed by atoms with Crippen molar-refractivity contribution >= 4 is 16.9 Å². The first-order valence-electron chi connectivity index (χ1n) is 5.32. The summed E-state index contributed by atoms with van der Waals surface area (Å²) in [5, 5.41) is 8.59. The summed E-state index contributed by atoms with van der Waals surface area (Å²) >= 11 is 0. The molecule has 0 spiro atoms. The predicted molar refractivity (Wildman–Crippen MR) is 61.2 cm³/mol. The summed E-state index contributed by atoms with van der Waals surface area (Å²) in [4.78, 5) is 22.6. The molecular formula is C12H7F4NO3. The van der Waals surface area contributed by atoms with Crippen molar-refractivity contribution in [3.05, 3.63) is 46.0 Å². The molecule has 0 fully saturated rings. The Labute approximate surface area is 108 Å². The fraction of sp³-hybridized carbons (Fsp3) is 0.167. The molecule has 4 nitrogen and oxygen atoms in total. The second kappa shape index (κ2) is 4.62. The third-order valence-corrected chi connectivity index (χ3v) is 2.63. The number of carboxylic acid groups (broad SMARTS) is 1. The van der Waals surface area contributed by atoms with Crippen molar-refractivity contribution in [2.24, 2.45) is 0 Å². The molecule has 0 radical (unpaired) electrons. The Hall–Kier alpha value is -2.38. The minimum Gasteiger partial charge on any atom is -0.477 e. The molecule has 20 heavy (non-hydrogen) atoms. The van der Waals surface area contributed by atoms with Gasteiger partial charge in [-0.1, -0.05) is 0 Å². The van der Waals surface area contributed by atoms with Gasteiger partial charge in [0.05, 0.1) is 5.52 Å². The second-order valence-electron chi connectivity index (χ2n) is 4.06. The lowest BCUT2D eigenvalue weighted by Gasteiger charge is -2.16. The maximum atomic E-state index is 13.1. The van der Waals surface area contributed by atoms with E-state index in [0.717, 1.165) is 18.2 Å². The molecule has 0 amide bonds. The van der Waals surface area contributed by atoms with Crippen molar-refractivity contribution in [1.29, 1.82) is 0 Å². The zero-order chi connectivity index (χ0) is 15.1. The van der Waals surface area contributed by atoms with Crippen LogP contribution >= 0.6 is 0 Å². The van der Waals surface area contributed by atoms with Gasteiger partial charge < -0.3 is 9.67 Å². The van der Waals surface area contributed by atoms with E-state index in [1.54, 1.807) is 0 Å². The monoisotopic (exact) mass is 289 g/mol. The average molecular weight is 289 g/mol. The number of hydrogen-bond donors (Lipinski definition) is 1. The largest absolute Gasteiger partial charge is 0.477 e. The minimum atomic E-state index is -4.68. The number of rotatable bonds is 2. The third kappa shape index (κ3) is 2.63. The number of carbonyl (C=O) groups is 1. The molecule has 0 bridgehead atoms. The van der Waals surface area contributed by atoms with Gasteiger partial charge in [0.2, 0.25) is 0 Å². The Bertz CT molecular complexity index is 749. The topological polar surface area (TPSA) is 59.3 Å². The van der Waals surface area contributed by atoms with E-state index in [1.165, 1.54) is 0 Å². The van der Waals surface area contributed by atoms with Gasteiger partial charge >= 0.3 is 12.1 Å². The highest BCUT2D eigenvalue weighted by Crippen LogP contribution is 2.22. The lowest BCUT2D eigenvalue weighted by Crippen LogP contribution is -2.25. The number of carboxylic acids is 1. The Kier molecular flexibility index (Phi) is 3.24. The number of alkyl halides is 3. The van der Waals surface area contributed by atoms with Crippen LogP contribution in [0.5, 0.6) is 0 Å². The van der Waals surface area contributed by atoms with Crippen molar-refractivity contribution < 1.29 is 27.5 Å². The van der Waals surface area contributed by atoms with E-state index in [9.17, 15) is 27.2 Å². The number of pyridine rings is 1. The Morgan fingerprint density at radius 2 is 1.90 bits per heavy atom. The van der Waals surface area contributed by atoms with E-state index >= 15 is 0 Å². The highest BCUT2D eigenvalue weighted by Gasteiger charge is 2.30. The summed E-state index contributed by atoms with van der Waals surface area (Å²) in [6.45, 7) is -1.59. The van der Waals surface area contributed by atoms with Crippen LogP contribution in [0.4, 0.5) is 17.6 Å². The molecule has 0 atom stereocenters. The number of aromatic nitrogens is 1. The number of benzene rings is 1. The number of hydrogen-bond acceptors (Lipinski definition) is 2. The Morgan fingerprint density at radius 3 is 2.45 bits per heavy atom. The lowest BCUT2D eigenvalue weighted by atomic mass is 10.1. The van der Waals surface area contributed by atoms with E-state index in [1.807, 2.05) is 0 Å².